The van der Waals surface area contributed by atoms with Crippen molar-refractivity contribution in [3.63, 3.8) is 0 Å². The predicted molar refractivity (Wildman–Crippen MR) is 68.5 cm³/mol. The third-order valence-corrected chi connectivity index (χ3v) is 2.86. The number of hydrogen-bond donors (Lipinski definition) is 3. The van der Waals surface area contributed by atoms with E-state index in [1.54, 1.807) is 34.6 Å². The fourth-order valence-corrected chi connectivity index (χ4v) is 1.77. The Morgan fingerprint density at radius 3 is 2.32 bits per heavy atom. The standard InChI is InChI=1S/C12H21N3O4/c1-7(2)12(8(16)14-9(17)15-12)6-13-10(18)19-11(3,4)5/h7H,6H2,1-5H3,(H,13,18)(H2,14,15,16,17). The van der Waals surface area contributed by atoms with Crippen LogP contribution in [-0.4, -0.2) is 35.7 Å². The van der Waals surface area contributed by atoms with Crippen LogP contribution in [-0.2, 0) is 9.53 Å². The first kappa shape index (κ1) is 15.3. The van der Waals surface area contributed by atoms with Gasteiger partial charge < -0.3 is 15.4 Å². The summed E-state index contributed by atoms with van der Waals surface area (Å²) in [6, 6.07) is -0.551. The molecule has 0 aliphatic carbocycles. The van der Waals surface area contributed by atoms with E-state index < -0.39 is 29.2 Å². The van der Waals surface area contributed by atoms with E-state index in [2.05, 4.69) is 16.0 Å². The van der Waals surface area contributed by atoms with Crippen molar-refractivity contribution < 1.29 is 19.1 Å². The van der Waals surface area contributed by atoms with E-state index in [1.807, 2.05) is 0 Å². The third kappa shape index (κ3) is 3.59. The molecule has 0 aromatic heterocycles. The van der Waals surface area contributed by atoms with Crippen LogP contribution in [0.2, 0.25) is 0 Å². The van der Waals surface area contributed by atoms with Crippen LogP contribution in [0, 0.1) is 5.92 Å². The van der Waals surface area contributed by atoms with Crippen molar-refractivity contribution in [1.82, 2.24) is 16.0 Å². The third-order valence-electron chi connectivity index (χ3n) is 2.86. The van der Waals surface area contributed by atoms with Gasteiger partial charge in [0, 0.05) is 0 Å². The molecular formula is C12H21N3O4. The monoisotopic (exact) mass is 271 g/mol. The van der Waals surface area contributed by atoms with Crippen molar-refractivity contribution in [2.45, 2.75) is 45.8 Å². The van der Waals surface area contributed by atoms with Gasteiger partial charge in [-0.3, -0.25) is 10.1 Å². The van der Waals surface area contributed by atoms with E-state index in [-0.39, 0.29) is 12.5 Å². The maximum atomic E-state index is 11.9. The van der Waals surface area contributed by atoms with Crippen LogP contribution in [0.3, 0.4) is 0 Å². The topological polar surface area (TPSA) is 96.5 Å². The van der Waals surface area contributed by atoms with Crippen LogP contribution in [0.15, 0.2) is 0 Å². The minimum atomic E-state index is -1.13. The molecule has 0 aromatic carbocycles. The molecule has 1 rings (SSSR count). The molecule has 0 aromatic rings. The molecule has 4 amide bonds. The Bertz CT molecular complexity index is 400. The number of alkyl carbamates (subject to hydrolysis) is 1. The number of imide groups is 1. The Hall–Kier alpha value is -1.79. The van der Waals surface area contributed by atoms with Crippen molar-refractivity contribution in [3.8, 4) is 0 Å². The van der Waals surface area contributed by atoms with E-state index in [4.69, 9.17) is 4.74 Å². The quantitative estimate of drug-likeness (QED) is 0.660. The Labute approximate surface area is 112 Å². The summed E-state index contributed by atoms with van der Waals surface area (Å²) in [6.07, 6.45) is -0.624. The van der Waals surface area contributed by atoms with E-state index in [0.717, 1.165) is 0 Å². The number of hydrogen-bond acceptors (Lipinski definition) is 4. The minimum Gasteiger partial charge on any atom is -0.444 e. The number of carbonyl (C=O) groups excluding carboxylic acids is 3. The van der Waals surface area contributed by atoms with E-state index in [9.17, 15) is 14.4 Å². The van der Waals surface area contributed by atoms with Crippen LogP contribution >= 0.6 is 0 Å². The number of rotatable bonds is 3. The summed E-state index contributed by atoms with van der Waals surface area (Å²) in [4.78, 5) is 34.7. The lowest BCUT2D eigenvalue weighted by atomic mass is 9.86. The van der Waals surface area contributed by atoms with Crippen molar-refractivity contribution in [2.75, 3.05) is 6.54 Å². The molecular weight excluding hydrogens is 250 g/mol. The molecule has 19 heavy (non-hydrogen) atoms. The summed E-state index contributed by atoms with van der Waals surface area (Å²) < 4.78 is 5.09. The van der Waals surface area contributed by atoms with E-state index in [1.165, 1.54) is 0 Å². The Morgan fingerprint density at radius 1 is 1.37 bits per heavy atom. The van der Waals surface area contributed by atoms with Crippen LogP contribution < -0.4 is 16.0 Å². The average molecular weight is 271 g/mol. The number of amides is 4. The highest BCUT2D eigenvalue weighted by atomic mass is 16.6. The SMILES string of the molecule is CC(C)C1(CNC(=O)OC(C)(C)C)NC(=O)NC1=O. The first-order valence-corrected chi connectivity index (χ1v) is 6.17. The van der Waals surface area contributed by atoms with Gasteiger partial charge in [0.05, 0.1) is 6.54 Å². The predicted octanol–water partition coefficient (Wildman–Crippen LogP) is 0.745. The zero-order valence-electron chi connectivity index (χ0n) is 11.9. The van der Waals surface area contributed by atoms with Crippen LogP contribution in [0.4, 0.5) is 9.59 Å². The lowest BCUT2D eigenvalue weighted by Crippen LogP contribution is -2.59. The van der Waals surface area contributed by atoms with Crippen LogP contribution in [0.25, 0.3) is 0 Å². The Kier molecular flexibility index (Phi) is 4.07. The van der Waals surface area contributed by atoms with Crippen molar-refractivity contribution in [3.05, 3.63) is 0 Å². The summed E-state index contributed by atoms with van der Waals surface area (Å²) in [5.74, 6) is -0.613. The molecule has 0 saturated carbocycles. The highest BCUT2D eigenvalue weighted by Gasteiger charge is 2.48. The van der Waals surface area contributed by atoms with Gasteiger partial charge in [0.2, 0.25) is 0 Å². The fraction of sp³-hybridized carbons (Fsp3) is 0.750. The van der Waals surface area contributed by atoms with Crippen molar-refractivity contribution in [2.24, 2.45) is 5.92 Å². The molecule has 0 radical (unpaired) electrons. The van der Waals surface area contributed by atoms with Gasteiger partial charge in [-0.05, 0) is 26.7 Å². The summed E-state index contributed by atoms with van der Waals surface area (Å²) in [5, 5.41) is 7.26. The highest BCUT2D eigenvalue weighted by molar-refractivity contribution is 6.07. The van der Waals surface area contributed by atoms with Crippen molar-refractivity contribution in [1.29, 1.82) is 0 Å². The molecule has 1 atom stereocenters. The van der Waals surface area contributed by atoms with Gasteiger partial charge in [-0.2, -0.15) is 0 Å². The van der Waals surface area contributed by atoms with Gasteiger partial charge in [-0.1, -0.05) is 13.8 Å². The number of urea groups is 1. The molecule has 1 heterocycles. The molecule has 1 aliphatic rings. The van der Waals surface area contributed by atoms with Gasteiger partial charge in [0.1, 0.15) is 11.1 Å². The van der Waals surface area contributed by atoms with Crippen LogP contribution in [0.5, 0.6) is 0 Å². The highest BCUT2D eigenvalue weighted by Crippen LogP contribution is 2.20. The Morgan fingerprint density at radius 2 is 1.95 bits per heavy atom. The van der Waals surface area contributed by atoms with E-state index >= 15 is 0 Å². The number of carbonyl (C=O) groups is 3. The lowest BCUT2D eigenvalue weighted by Gasteiger charge is -2.30. The first-order valence-electron chi connectivity index (χ1n) is 6.17. The molecule has 3 N–H and O–H groups in total. The molecule has 0 bridgehead atoms. The van der Waals surface area contributed by atoms with Crippen LogP contribution in [0.1, 0.15) is 34.6 Å². The van der Waals surface area contributed by atoms with Gasteiger partial charge in [-0.15, -0.1) is 0 Å². The van der Waals surface area contributed by atoms with Gasteiger partial charge in [-0.25, -0.2) is 9.59 Å². The fourth-order valence-electron chi connectivity index (χ4n) is 1.77. The summed E-state index contributed by atoms with van der Waals surface area (Å²) in [5.41, 5.74) is -1.75. The molecule has 0 spiro atoms. The average Bonchev–Trinajstić information content (AvgIpc) is 2.49. The zero-order chi connectivity index (χ0) is 14.8. The molecule has 108 valence electrons. The van der Waals surface area contributed by atoms with Gasteiger partial charge in [0.25, 0.3) is 5.91 Å². The largest absolute Gasteiger partial charge is 0.444 e. The second kappa shape index (κ2) is 5.07. The second-order valence-corrected chi connectivity index (χ2v) is 5.89. The number of nitrogens with one attached hydrogen (secondary N) is 3. The molecule has 1 saturated heterocycles. The smallest absolute Gasteiger partial charge is 0.407 e. The normalized spacial score (nSPS) is 23.1. The number of ether oxygens (including phenoxy) is 1. The van der Waals surface area contributed by atoms with E-state index in [0.29, 0.717) is 0 Å². The Balaban J connectivity index is 2.69. The van der Waals surface area contributed by atoms with Gasteiger partial charge >= 0.3 is 12.1 Å². The summed E-state index contributed by atoms with van der Waals surface area (Å²) in [7, 11) is 0. The molecule has 7 nitrogen and oxygen atoms in total. The minimum absolute atomic E-state index is 0.0167. The molecule has 1 unspecified atom stereocenters. The molecule has 1 aliphatic heterocycles. The molecule has 1 fully saturated rings. The zero-order valence-corrected chi connectivity index (χ0v) is 11.9. The maximum absolute atomic E-state index is 11.9. The first-order chi connectivity index (χ1) is 8.57. The second-order valence-electron chi connectivity index (χ2n) is 5.89. The lowest BCUT2D eigenvalue weighted by molar-refractivity contribution is -0.125. The summed E-state index contributed by atoms with van der Waals surface area (Å²) >= 11 is 0. The molecule has 7 heteroatoms. The summed E-state index contributed by atoms with van der Waals surface area (Å²) in [6.45, 7) is 8.81. The maximum Gasteiger partial charge on any atom is 0.407 e. The van der Waals surface area contributed by atoms with Gasteiger partial charge in [0.15, 0.2) is 0 Å². The van der Waals surface area contributed by atoms with Crippen molar-refractivity contribution >= 4 is 18.0 Å².